The summed E-state index contributed by atoms with van der Waals surface area (Å²) in [5.41, 5.74) is -1.22. The molecule has 0 spiro atoms. The van der Waals surface area contributed by atoms with Crippen LogP contribution in [0.25, 0.3) is 0 Å². The van der Waals surface area contributed by atoms with Crippen molar-refractivity contribution in [1.82, 2.24) is 15.2 Å². The molecule has 1 aliphatic heterocycles. The van der Waals surface area contributed by atoms with Crippen LogP contribution in [-0.4, -0.2) is 70.9 Å². The monoisotopic (exact) mass is 597 g/mol. The van der Waals surface area contributed by atoms with Crippen LogP contribution in [0.15, 0.2) is 45.7 Å². The molecule has 0 amide bonds. The SMILES string of the molecule is CC1(C)CC(N(Cc2ccncc2)Cc2ccc(Br)o2)CC(C)(C)N1.O=C(O)CC(O)(CC(=O)O)C(=O)O. The molecule has 11 nitrogen and oxygen atoms in total. The van der Waals surface area contributed by atoms with Crippen molar-refractivity contribution in [2.24, 2.45) is 0 Å². The van der Waals surface area contributed by atoms with Crippen molar-refractivity contribution in [2.45, 2.75) is 89.2 Å². The average Bonchev–Trinajstić information content (AvgIpc) is 3.15. The van der Waals surface area contributed by atoms with E-state index in [1.807, 2.05) is 18.5 Å². The molecule has 1 fully saturated rings. The van der Waals surface area contributed by atoms with E-state index in [1.165, 1.54) is 5.56 Å². The molecule has 2 aromatic heterocycles. The second-order valence-corrected chi connectivity index (χ2v) is 11.7. The van der Waals surface area contributed by atoms with Gasteiger partial charge in [0.15, 0.2) is 10.3 Å². The van der Waals surface area contributed by atoms with E-state index < -0.39 is 36.4 Å². The number of hydrogen-bond donors (Lipinski definition) is 5. The summed E-state index contributed by atoms with van der Waals surface area (Å²) < 4.78 is 6.58. The number of aromatic nitrogens is 1. The topological polar surface area (TPSA) is 173 Å². The van der Waals surface area contributed by atoms with Gasteiger partial charge in [0.05, 0.1) is 19.4 Å². The molecule has 0 unspecified atom stereocenters. The smallest absolute Gasteiger partial charge is 0.336 e. The van der Waals surface area contributed by atoms with Crippen LogP contribution in [0.1, 0.15) is 64.7 Å². The minimum Gasteiger partial charge on any atom is -0.481 e. The minimum absolute atomic E-state index is 0.118. The molecule has 1 aliphatic rings. The van der Waals surface area contributed by atoms with Gasteiger partial charge in [0.2, 0.25) is 0 Å². The summed E-state index contributed by atoms with van der Waals surface area (Å²) in [6.07, 6.45) is 3.68. The third kappa shape index (κ3) is 10.2. The normalized spacial score (nSPS) is 16.9. The Balaban J connectivity index is 0.000000332. The molecule has 12 heteroatoms. The highest BCUT2D eigenvalue weighted by Gasteiger charge is 2.41. The number of halogens is 1. The highest BCUT2D eigenvalue weighted by atomic mass is 79.9. The Morgan fingerprint density at radius 1 is 1.00 bits per heavy atom. The zero-order valence-electron chi connectivity index (χ0n) is 22.0. The van der Waals surface area contributed by atoms with Crippen LogP contribution in [0.4, 0.5) is 0 Å². The molecule has 0 bridgehead atoms. The molecule has 3 rings (SSSR count). The molecule has 0 aromatic carbocycles. The molecule has 38 heavy (non-hydrogen) atoms. The lowest BCUT2D eigenvalue weighted by molar-refractivity contribution is -0.170. The Bertz CT molecular complexity index is 1070. The van der Waals surface area contributed by atoms with Gasteiger partial charge in [-0.15, -0.1) is 0 Å². The number of furan rings is 1. The predicted molar refractivity (Wildman–Crippen MR) is 141 cm³/mol. The van der Waals surface area contributed by atoms with Crippen LogP contribution in [0.2, 0.25) is 0 Å². The standard InChI is InChI=1S/C20H28BrN3O.C6H8O7/c1-19(2)11-16(12-20(3,4)23-19)24(13-15-7-9-22-10-8-15)14-17-5-6-18(21)25-17;7-3(8)1-6(13,5(11)12)2-4(9)10/h5-10,16,23H,11-14H2,1-4H3;13H,1-2H2,(H,7,8)(H,9,10)(H,11,12). The third-order valence-electron chi connectivity index (χ3n) is 6.09. The zero-order chi connectivity index (χ0) is 28.7. The van der Waals surface area contributed by atoms with E-state index in [0.29, 0.717) is 6.04 Å². The number of pyridine rings is 1. The number of hydrogen-bond acceptors (Lipinski definition) is 8. The number of piperidine rings is 1. The van der Waals surface area contributed by atoms with E-state index in [4.69, 9.17) is 24.8 Å². The number of carboxylic acids is 3. The van der Waals surface area contributed by atoms with Gasteiger partial charge < -0.3 is 30.2 Å². The molecular weight excluding hydrogens is 562 g/mol. The van der Waals surface area contributed by atoms with Crippen LogP contribution in [0.3, 0.4) is 0 Å². The van der Waals surface area contributed by atoms with Gasteiger partial charge >= 0.3 is 17.9 Å². The van der Waals surface area contributed by atoms with E-state index in [1.54, 1.807) is 0 Å². The van der Waals surface area contributed by atoms with E-state index >= 15 is 0 Å². The average molecular weight is 598 g/mol. The summed E-state index contributed by atoms with van der Waals surface area (Å²) >= 11 is 3.42. The van der Waals surface area contributed by atoms with Gasteiger partial charge in [0.1, 0.15) is 5.76 Å². The van der Waals surface area contributed by atoms with Crippen LogP contribution in [0.5, 0.6) is 0 Å². The molecule has 5 N–H and O–H groups in total. The van der Waals surface area contributed by atoms with E-state index in [9.17, 15) is 14.4 Å². The molecule has 0 saturated carbocycles. The van der Waals surface area contributed by atoms with Crippen molar-refractivity contribution in [2.75, 3.05) is 0 Å². The third-order valence-corrected chi connectivity index (χ3v) is 6.52. The minimum atomic E-state index is -2.74. The van der Waals surface area contributed by atoms with Gasteiger partial charge in [-0.1, -0.05) is 0 Å². The highest BCUT2D eigenvalue weighted by Crippen LogP contribution is 2.33. The second-order valence-electron chi connectivity index (χ2n) is 10.9. The van der Waals surface area contributed by atoms with Crippen molar-refractivity contribution < 1.29 is 39.2 Å². The molecule has 0 radical (unpaired) electrons. The molecule has 2 aromatic rings. The number of nitrogens with one attached hydrogen (secondary N) is 1. The first-order valence-corrected chi connectivity index (χ1v) is 12.9. The van der Waals surface area contributed by atoms with Crippen LogP contribution >= 0.6 is 15.9 Å². The van der Waals surface area contributed by atoms with Crippen molar-refractivity contribution in [3.8, 4) is 0 Å². The second kappa shape index (κ2) is 12.8. The number of aliphatic carboxylic acids is 3. The molecule has 210 valence electrons. The molecule has 1 saturated heterocycles. The Hall–Kier alpha value is -2.80. The van der Waals surface area contributed by atoms with Crippen LogP contribution in [-0.2, 0) is 27.5 Å². The number of aliphatic hydroxyl groups is 1. The fourth-order valence-electron chi connectivity index (χ4n) is 4.91. The molecule has 3 heterocycles. The summed E-state index contributed by atoms with van der Waals surface area (Å²) in [7, 11) is 0. The van der Waals surface area contributed by atoms with E-state index in [-0.39, 0.29) is 11.1 Å². The van der Waals surface area contributed by atoms with Crippen molar-refractivity contribution in [3.05, 3.63) is 52.7 Å². The largest absolute Gasteiger partial charge is 0.481 e. The Morgan fingerprint density at radius 2 is 1.53 bits per heavy atom. The fourth-order valence-corrected chi connectivity index (χ4v) is 5.25. The highest BCUT2D eigenvalue weighted by molar-refractivity contribution is 9.10. The number of carboxylic acid groups (broad SMARTS) is 3. The fraction of sp³-hybridized carbons (Fsp3) is 0.538. The predicted octanol–water partition coefficient (Wildman–Crippen LogP) is 3.50. The lowest BCUT2D eigenvalue weighted by atomic mass is 9.79. The number of carbonyl (C=O) groups is 3. The van der Waals surface area contributed by atoms with Gasteiger partial charge in [0.25, 0.3) is 0 Å². The number of rotatable bonds is 10. The van der Waals surface area contributed by atoms with E-state index in [2.05, 4.69) is 77.0 Å². The van der Waals surface area contributed by atoms with Gasteiger partial charge in [-0.05, 0) is 86.3 Å². The summed E-state index contributed by atoms with van der Waals surface area (Å²) in [6, 6.07) is 8.71. The quantitative estimate of drug-likeness (QED) is 0.271. The van der Waals surface area contributed by atoms with Gasteiger partial charge in [-0.25, -0.2) is 4.79 Å². The van der Waals surface area contributed by atoms with E-state index in [0.717, 1.165) is 36.4 Å². The molecule has 0 atom stereocenters. The van der Waals surface area contributed by atoms with Crippen LogP contribution < -0.4 is 5.32 Å². The summed E-state index contributed by atoms with van der Waals surface area (Å²) in [6.45, 7) is 10.9. The van der Waals surface area contributed by atoms with Crippen molar-refractivity contribution in [3.63, 3.8) is 0 Å². The lowest BCUT2D eigenvalue weighted by Gasteiger charge is -2.49. The van der Waals surface area contributed by atoms with Gasteiger partial charge in [-0.3, -0.25) is 19.5 Å². The first-order chi connectivity index (χ1) is 17.5. The maximum atomic E-state index is 10.3. The Kier molecular flexibility index (Phi) is 10.6. The number of nitrogens with zero attached hydrogens (tertiary/aromatic N) is 2. The molecular formula is C26H36BrN3O8. The van der Waals surface area contributed by atoms with Gasteiger partial charge in [-0.2, -0.15) is 0 Å². The zero-order valence-corrected chi connectivity index (χ0v) is 23.6. The van der Waals surface area contributed by atoms with Crippen molar-refractivity contribution in [1.29, 1.82) is 0 Å². The molecule has 0 aliphatic carbocycles. The Morgan fingerprint density at radius 3 is 1.95 bits per heavy atom. The first-order valence-electron chi connectivity index (χ1n) is 12.1. The lowest BCUT2D eigenvalue weighted by Crippen LogP contribution is -2.62. The summed E-state index contributed by atoms with van der Waals surface area (Å²) in [4.78, 5) is 37.2. The summed E-state index contributed by atoms with van der Waals surface area (Å²) in [5.74, 6) is -4.02. The first kappa shape index (κ1) is 31.4. The maximum Gasteiger partial charge on any atom is 0.336 e. The summed E-state index contributed by atoms with van der Waals surface area (Å²) in [5, 5.41) is 37.6. The van der Waals surface area contributed by atoms with Gasteiger partial charge in [0, 0.05) is 36.1 Å². The Labute approximate surface area is 230 Å². The maximum absolute atomic E-state index is 10.3. The van der Waals surface area contributed by atoms with Crippen molar-refractivity contribution >= 4 is 33.8 Å². The van der Waals surface area contributed by atoms with Crippen LogP contribution in [0, 0.1) is 0 Å².